The number of hydrogen-bond acceptors (Lipinski definition) is 6. The van der Waals surface area contributed by atoms with E-state index in [0.29, 0.717) is 41.2 Å². The Morgan fingerprint density at radius 1 is 1.42 bits per heavy atom. The summed E-state index contributed by atoms with van der Waals surface area (Å²) in [5.74, 6) is 1.41. The van der Waals surface area contributed by atoms with E-state index in [0.717, 1.165) is 0 Å². The summed E-state index contributed by atoms with van der Waals surface area (Å²) in [6.07, 6.45) is 0. The first kappa shape index (κ1) is 13.8. The van der Waals surface area contributed by atoms with Crippen molar-refractivity contribution in [1.29, 1.82) is 0 Å². The Morgan fingerprint density at radius 3 is 3.00 bits per heavy atom. The predicted molar refractivity (Wildman–Crippen MR) is 70.0 cm³/mol. The first-order valence-corrected chi connectivity index (χ1v) is 6.06. The first-order valence-electron chi connectivity index (χ1n) is 5.69. The Labute approximate surface area is 115 Å². The number of halogens is 1. The van der Waals surface area contributed by atoms with E-state index < -0.39 is 0 Å². The number of hydrogen-bond donors (Lipinski definition) is 1. The molecule has 1 aromatic heterocycles. The largest absolute Gasteiger partial charge is 0.496 e. The highest BCUT2D eigenvalue weighted by Crippen LogP contribution is 2.30. The van der Waals surface area contributed by atoms with Crippen LogP contribution in [-0.2, 0) is 11.3 Å². The molecule has 1 heterocycles. The van der Waals surface area contributed by atoms with Gasteiger partial charge < -0.3 is 19.7 Å². The molecule has 0 saturated heterocycles. The van der Waals surface area contributed by atoms with Crippen LogP contribution >= 0.6 is 11.6 Å². The van der Waals surface area contributed by atoms with E-state index in [4.69, 9.17) is 31.3 Å². The quantitative estimate of drug-likeness (QED) is 0.815. The molecule has 0 radical (unpaired) electrons. The van der Waals surface area contributed by atoms with Gasteiger partial charge in [-0.2, -0.15) is 4.98 Å². The Balaban J connectivity index is 2.18. The van der Waals surface area contributed by atoms with Gasteiger partial charge in [0.05, 0.1) is 19.3 Å². The molecule has 0 amide bonds. The number of aromatic nitrogens is 2. The third kappa shape index (κ3) is 3.44. The Kier molecular flexibility index (Phi) is 4.73. The van der Waals surface area contributed by atoms with Crippen LogP contribution in [0.1, 0.15) is 5.89 Å². The van der Waals surface area contributed by atoms with Gasteiger partial charge >= 0.3 is 0 Å². The zero-order chi connectivity index (χ0) is 13.7. The molecule has 2 N–H and O–H groups in total. The van der Waals surface area contributed by atoms with E-state index >= 15 is 0 Å². The fourth-order valence-corrected chi connectivity index (χ4v) is 1.68. The summed E-state index contributed by atoms with van der Waals surface area (Å²) in [4.78, 5) is 4.22. The zero-order valence-corrected chi connectivity index (χ0v) is 11.2. The number of nitrogens with zero attached hydrogens (tertiary/aromatic N) is 2. The highest BCUT2D eigenvalue weighted by Gasteiger charge is 2.13. The molecule has 0 aliphatic heterocycles. The molecule has 0 aliphatic carbocycles. The average Bonchev–Trinajstić information content (AvgIpc) is 2.87. The average molecular weight is 284 g/mol. The van der Waals surface area contributed by atoms with E-state index in [1.807, 2.05) is 0 Å². The first-order chi connectivity index (χ1) is 9.24. The number of nitrogens with two attached hydrogens (primary N) is 1. The minimum atomic E-state index is 0.236. The minimum absolute atomic E-state index is 0.236. The standard InChI is InChI=1S/C12H14ClN3O3/c1-17-10-6-8(13)2-3-9(10)12-15-11(19-16-12)7-18-5-4-14/h2-3,6H,4-5,7,14H2,1H3. The van der Waals surface area contributed by atoms with E-state index in [9.17, 15) is 0 Å². The molecule has 2 rings (SSSR count). The third-order valence-electron chi connectivity index (χ3n) is 2.36. The van der Waals surface area contributed by atoms with Gasteiger partial charge in [0.15, 0.2) is 0 Å². The van der Waals surface area contributed by atoms with Crippen LogP contribution < -0.4 is 10.5 Å². The van der Waals surface area contributed by atoms with Gasteiger partial charge in [0.2, 0.25) is 5.82 Å². The molecule has 0 fully saturated rings. The number of methoxy groups -OCH3 is 1. The van der Waals surface area contributed by atoms with Crippen molar-refractivity contribution in [1.82, 2.24) is 10.1 Å². The second-order valence-corrected chi connectivity index (χ2v) is 4.13. The molecule has 0 atom stereocenters. The Hall–Kier alpha value is -1.63. The van der Waals surface area contributed by atoms with Gasteiger partial charge in [-0.25, -0.2) is 0 Å². The maximum absolute atomic E-state index is 5.90. The molecule has 2 aromatic rings. The predicted octanol–water partition coefficient (Wildman–Crippen LogP) is 1.87. The van der Waals surface area contributed by atoms with Gasteiger partial charge in [0, 0.05) is 11.6 Å². The molecule has 0 bridgehead atoms. The van der Waals surface area contributed by atoms with E-state index in [1.54, 1.807) is 25.3 Å². The van der Waals surface area contributed by atoms with Crippen molar-refractivity contribution < 1.29 is 14.0 Å². The Bertz CT molecular complexity index is 545. The summed E-state index contributed by atoms with van der Waals surface area (Å²) in [6.45, 7) is 1.13. The molecular formula is C12H14ClN3O3. The highest BCUT2D eigenvalue weighted by atomic mass is 35.5. The maximum Gasteiger partial charge on any atom is 0.252 e. The number of benzene rings is 1. The molecule has 6 nitrogen and oxygen atoms in total. The van der Waals surface area contributed by atoms with Crippen LogP contribution in [0.4, 0.5) is 0 Å². The van der Waals surface area contributed by atoms with Crippen LogP contribution in [-0.4, -0.2) is 30.4 Å². The maximum atomic E-state index is 5.90. The van der Waals surface area contributed by atoms with Crippen LogP contribution in [0.5, 0.6) is 5.75 Å². The third-order valence-corrected chi connectivity index (χ3v) is 2.60. The fraction of sp³-hybridized carbons (Fsp3) is 0.333. The second kappa shape index (κ2) is 6.51. The van der Waals surface area contributed by atoms with Gasteiger partial charge in [-0.3, -0.25) is 0 Å². The molecule has 0 spiro atoms. The van der Waals surface area contributed by atoms with Gasteiger partial charge in [0.1, 0.15) is 12.4 Å². The molecule has 19 heavy (non-hydrogen) atoms. The molecule has 0 saturated carbocycles. The van der Waals surface area contributed by atoms with Crippen LogP contribution in [0.25, 0.3) is 11.4 Å². The van der Waals surface area contributed by atoms with Crippen molar-refractivity contribution in [3.8, 4) is 17.1 Å². The van der Waals surface area contributed by atoms with Gasteiger partial charge in [-0.05, 0) is 18.2 Å². The summed E-state index contributed by atoms with van der Waals surface area (Å²) in [6, 6.07) is 5.20. The lowest BCUT2D eigenvalue weighted by molar-refractivity contribution is 0.104. The zero-order valence-electron chi connectivity index (χ0n) is 10.4. The van der Waals surface area contributed by atoms with Crippen LogP contribution in [0, 0.1) is 0 Å². The summed E-state index contributed by atoms with van der Waals surface area (Å²) in [5, 5.41) is 4.46. The number of rotatable bonds is 6. The molecule has 7 heteroatoms. The topological polar surface area (TPSA) is 83.4 Å². The van der Waals surface area contributed by atoms with Crippen molar-refractivity contribution >= 4 is 11.6 Å². The lowest BCUT2D eigenvalue weighted by Gasteiger charge is -2.04. The van der Waals surface area contributed by atoms with E-state index in [-0.39, 0.29) is 6.61 Å². The monoisotopic (exact) mass is 283 g/mol. The molecule has 0 aliphatic rings. The van der Waals surface area contributed by atoms with Crippen molar-refractivity contribution in [2.45, 2.75) is 6.61 Å². The van der Waals surface area contributed by atoms with E-state index in [2.05, 4.69) is 10.1 Å². The Morgan fingerprint density at radius 2 is 2.26 bits per heavy atom. The smallest absolute Gasteiger partial charge is 0.252 e. The highest BCUT2D eigenvalue weighted by molar-refractivity contribution is 6.30. The van der Waals surface area contributed by atoms with Crippen LogP contribution in [0.15, 0.2) is 22.7 Å². The van der Waals surface area contributed by atoms with Gasteiger partial charge in [-0.1, -0.05) is 16.8 Å². The van der Waals surface area contributed by atoms with Crippen molar-refractivity contribution in [3.63, 3.8) is 0 Å². The summed E-state index contributed by atoms with van der Waals surface area (Å²) >= 11 is 5.90. The SMILES string of the molecule is COc1cc(Cl)ccc1-c1noc(COCCN)n1. The fourth-order valence-electron chi connectivity index (χ4n) is 1.52. The van der Waals surface area contributed by atoms with Crippen molar-refractivity contribution in [2.24, 2.45) is 5.73 Å². The lowest BCUT2D eigenvalue weighted by Crippen LogP contribution is -2.08. The van der Waals surface area contributed by atoms with Crippen LogP contribution in [0.3, 0.4) is 0 Å². The minimum Gasteiger partial charge on any atom is -0.496 e. The summed E-state index contributed by atoms with van der Waals surface area (Å²) in [7, 11) is 1.56. The molecular weight excluding hydrogens is 270 g/mol. The summed E-state index contributed by atoms with van der Waals surface area (Å²) < 4.78 is 15.5. The van der Waals surface area contributed by atoms with Crippen molar-refractivity contribution in [3.05, 3.63) is 29.1 Å². The van der Waals surface area contributed by atoms with E-state index in [1.165, 1.54) is 0 Å². The van der Waals surface area contributed by atoms with Gasteiger partial charge in [-0.15, -0.1) is 0 Å². The van der Waals surface area contributed by atoms with Gasteiger partial charge in [0.25, 0.3) is 5.89 Å². The summed E-state index contributed by atoms with van der Waals surface area (Å²) in [5.41, 5.74) is 6.03. The second-order valence-electron chi connectivity index (χ2n) is 3.70. The molecule has 102 valence electrons. The molecule has 1 aromatic carbocycles. The molecule has 0 unspecified atom stereocenters. The van der Waals surface area contributed by atoms with Crippen molar-refractivity contribution in [2.75, 3.05) is 20.3 Å². The normalized spacial score (nSPS) is 10.7. The van der Waals surface area contributed by atoms with Crippen LogP contribution in [0.2, 0.25) is 5.02 Å². The lowest BCUT2D eigenvalue weighted by atomic mass is 10.2. The number of ether oxygens (including phenoxy) is 2.